The predicted octanol–water partition coefficient (Wildman–Crippen LogP) is 4.81. The van der Waals surface area contributed by atoms with E-state index < -0.39 is 0 Å². The van der Waals surface area contributed by atoms with Crippen LogP contribution in [-0.2, 0) is 17.6 Å². The van der Waals surface area contributed by atoms with Crippen LogP contribution in [0.3, 0.4) is 0 Å². The van der Waals surface area contributed by atoms with Crippen molar-refractivity contribution in [1.29, 1.82) is 0 Å². The van der Waals surface area contributed by atoms with E-state index in [1.54, 1.807) is 0 Å². The van der Waals surface area contributed by atoms with Crippen LogP contribution in [0.2, 0.25) is 5.02 Å². The van der Waals surface area contributed by atoms with Gasteiger partial charge < -0.3 is 10.2 Å². The Morgan fingerprint density at radius 3 is 2.61 bits per heavy atom. The summed E-state index contributed by atoms with van der Waals surface area (Å²) in [6.07, 6.45) is 5.56. The Balaban J connectivity index is 1.20. The average Bonchev–Trinajstić information content (AvgIpc) is 3.58. The second-order valence-electron chi connectivity index (χ2n) is 9.23. The lowest BCUT2D eigenvalue weighted by atomic mass is 9.91. The normalized spacial score (nSPS) is 16.7. The number of carbonyl (C=O) groups is 1. The van der Waals surface area contributed by atoms with Gasteiger partial charge in [-0.15, -0.1) is 0 Å². The highest BCUT2D eigenvalue weighted by Gasteiger charge is 2.28. The van der Waals surface area contributed by atoms with Crippen molar-refractivity contribution in [2.45, 2.75) is 51.4 Å². The number of hydrogen-bond donors (Lipinski definition) is 2. The molecule has 3 heterocycles. The number of aromatic nitrogens is 4. The number of nitrogens with one attached hydrogen (secondary N) is 2. The summed E-state index contributed by atoms with van der Waals surface area (Å²) in [6.45, 7) is 3.54. The highest BCUT2D eigenvalue weighted by molar-refractivity contribution is 6.31. The van der Waals surface area contributed by atoms with Crippen LogP contribution in [0.5, 0.6) is 0 Å². The Morgan fingerprint density at radius 1 is 1.12 bits per heavy atom. The fraction of sp³-hybridized carbons (Fsp3) is 0.440. The summed E-state index contributed by atoms with van der Waals surface area (Å²) in [5, 5.41) is 11.2. The summed E-state index contributed by atoms with van der Waals surface area (Å²) >= 11 is 6.23. The zero-order chi connectivity index (χ0) is 22.8. The minimum Gasteiger partial charge on any atom is -0.342 e. The first-order valence-electron chi connectivity index (χ1n) is 11.7. The number of nitrogens with zero attached hydrogens (tertiary/aromatic N) is 4. The molecule has 33 heavy (non-hydrogen) atoms. The number of aryl methyl sites for hydroxylation is 1. The Morgan fingerprint density at radius 2 is 1.91 bits per heavy atom. The summed E-state index contributed by atoms with van der Waals surface area (Å²) in [7, 11) is 0. The van der Waals surface area contributed by atoms with Crippen molar-refractivity contribution in [3.05, 3.63) is 64.2 Å². The summed E-state index contributed by atoms with van der Waals surface area (Å²) in [4.78, 5) is 24.4. The molecule has 0 spiro atoms. The third kappa shape index (κ3) is 5.53. The first-order valence-corrected chi connectivity index (χ1v) is 12.1. The Kier molecular flexibility index (Phi) is 6.31. The van der Waals surface area contributed by atoms with Gasteiger partial charge in [0.05, 0.1) is 6.42 Å². The summed E-state index contributed by atoms with van der Waals surface area (Å²) in [5.74, 6) is 3.66. The number of piperidine rings is 1. The van der Waals surface area contributed by atoms with E-state index in [0.717, 1.165) is 79.6 Å². The van der Waals surface area contributed by atoms with Crippen molar-refractivity contribution in [1.82, 2.24) is 25.1 Å². The number of carbonyl (C=O) groups excluding carboxylic acids is 1. The molecule has 172 valence electrons. The summed E-state index contributed by atoms with van der Waals surface area (Å²) in [6, 6.07) is 11.6. The first kappa shape index (κ1) is 21.9. The van der Waals surface area contributed by atoms with Gasteiger partial charge in [-0.05, 0) is 56.6 Å². The Labute approximate surface area is 199 Å². The van der Waals surface area contributed by atoms with Crippen molar-refractivity contribution < 1.29 is 4.79 Å². The molecule has 1 aromatic carbocycles. The third-order valence-electron chi connectivity index (χ3n) is 6.47. The minimum absolute atomic E-state index is 0.153. The molecule has 7 nitrogen and oxygen atoms in total. The Hall–Kier alpha value is -2.93. The molecule has 1 aliphatic heterocycles. The lowest BCUT2D eigenvalue weighted by Crippen LogP contribution is -2.39. The molecule has 1 amide bonds. The maximum absolute atomic E-state index is 12.8. The average molecular weight is 465 g/mol. The number of H-pyrrole nitrogens is 1. The minimum atomic E-state index is 0.153. The number of rotatable bonds is 7. The number of hydrogen-bond acceptors (Lipinski definition) is 5. The molecule has 1 saturated heterocycles. The van der Waals surface area contributed by atoms with Crippen LogP contribution in [0.15, 0.2) is 36.4 Å². The number of anilines is 2. The van der Waals surface area contributed by atoms with E-state index in [-0.39, 0.29) is 5.91 Å². The molecule has 1 aliphatic carbocycles. The molecule has 0 atom stereocenters. The molecule has 1 saturated carbocycles. The molecule has 5 rings (SSSR count). The van der Waals surface area contributed by atoms with E-state index in [9.17, 15) is 4.79 Å². The van der Waals surface area contributed by atoms with Gasteiger partial charge in [-0.25, -0.2) is 9.97 Å². The van der Waals surface area contributed by atoms with Crippen LogP contribution < -0.4 is 5.32 Å². The summed E-state index contributed by atoms with van der Waals surface area (Å²) in [5.41, 5.74) is 2.97. The monoisotopic (exact) mass is 464 g/mol. The van der Waals surface area contributed by atoms with Gasteiger partial charge in [0, 0.05) is 47.6 Å². The van der Waals surface area contributed by atoms with Crippen LogP contribution in [0.1, 0.15) is 54.4 Å². The zero-order valence-corrected chi connectivity index (χ0v) is 19.6. The van der Waals surface area contributed by atoms with Gasteiger partial charge >= 0.3 is 0 Å². The summed E-state index contributed by atoms with van der Waals surface area (Å²) < 4.78 is 0. The van der Waals surface area contributed by atoms with E-state index in [1.807, 2.05) is 48.2 Å². The van der Waals surface area contributed by atoms with Crippen molar-refractivity contribution in [3.8, 4) is 0 Å². The molecule has 3 aromatic rings. The van der Waals surface area contributed by atoms with Crippen molar-refractivity contribution in [2.75, 3.05) is 18.4 Å². The van der Waals surface area contributed by atoms with Crippen molar-refractivity contribution >= 4 is 29.1 Å². The van der Waals surface area contributed by atoms with Crippen molar-refractivity contribution in [2.24, 2.45) is 5.92 Å². The highest BCUT2D eigenvalue weighted by atomic mass is 35.5. The lowest BCUT2D eigenvalue weighted by molar-refractivity contribution is -0.131. The van der Waals surface area contributed by atoms with Gasteiger partial charge in [0.25, 0.3) is 0 Å². The SMILES string of the molecule is Cc1cc(Nc2cc(CC3CCN(C(=O)Cc4ccccc4Cl)CC3)nc(C3CC3)n2)n[nH]1. The number of likely N-dealkylation sites (tertiary alicyclic amines) is 1. The fourth-order valence-corrected chi connectivity index (χ4v) is 4.63. The quantitative estimate of drug-likeness (QED) is 0.524. The van der Waals surface area contributed by atoms with Crippen LogP contribution in [0, 0.1) is 12.8 Å². The van der Waals surface area contributed by atoms with E-state index in [0.29, 0.717) is 23.3 Å². The molecule has 2 fully saturated rings. The fourth-order valence-electron chi connectivity index (χ4n) is 4.42. The van der Waals surface area contributed by atoms with Gasteiger partial charge in [0.1, 0.15) is 11.6 Å². The van der Waals surface area contributed by atoms with Crippen LogP contribution >= 0.6 is 11.6 Å². The van der Waals surface area contributed by atoms with Gasteiger partial charge in [0.15, 0.2) is 5.82 Å². The molecule has 0 bridgehead atoms. The molecule has 2 aliphatic rings. The predicted molar refractivity (Wildman–Crippen MR) is 129 cm³/mol. The van der Waals surface area contributed by atoms with Crippen LogP contribution in [-0.4, -0.2) is 44.1 Å². The molecule has 0 unspecified atom stereocenters. The Bertz CT molecular complexity index is 1130. The second kappa shape index (κ2) is 9.51. The number of benzene rings is 1. The molecule has 2 aromatic heterocycles. The largest absolute Gasteiger partial charge is 0.342 e. The van der Waals surface area contributed by atoms with Gasteiger partial charge in [-0.1, -0.05) is 29.8 Å². The van der Waals surface area contributed by atoms with Crippen LogP contribution in [0.25, 0.3) is 0 Å². The van der Waals surface area contributed by atoms with E-state index in [4.69, 9.17) is 21.6 Å². The first-order chi connectivity index (χ1) is 16.0. The topological polar surface area (TPSA) is 86.8 Å². The zero-order valence-electron chi connectivity index (χ0n) is 18.9. The number of amides is 1. The number of halogens is 1. The number of aromatic amines is 1. The standard InChI is InChI=1S/C25H29ClN6O/c1-16-12-23(31-30-16)28-22-15-20(27-25(29-22)18-6-7-18)13-17-8-10-32(11-9-17)24(33)14-19-4-2-3-5-21(19)26/h2-5,12,15,17-18H,6-11,13-14H2,1H3,(H2,27,28,29,30,31). The third-order valence-corrected chi connectivity index (χ3v) is 6.83. The molecule has 0 radical (unpaired) electrons. The maximum atomic E-state index is 12.8. The smallest absolute Gasteiger partial charge is 0.227 e. The van der Waals surface area contributed by atoms with Gasteiger partial charge in [-0.2, -0.15) is 5.10 Å². The van der Waals surface area contributed by atoms with Crippen LogP contribution in [0.4, 0.5) is 11.6 Å². The van der Waals surface area contributed by atoms with E-state index >= 15 is 0 Å². The molecule has 8 heteroatoms. The van der Waals surface area contributed by atoms with Gasteiger partial charge in [-0.3, -0.25) is 9.89 Å². The molecule has 2 N–H and O–H groups in total. The maximum Gasteiger partial charge on any atom is 0.227 e. The lowest BCUT2D eigenvalue weighted by Gasteiger charge is -2.32. The van der Waals surface area contributed by atoms with Gasteiger partial charge in [0.2, 0.25) is 5.91 Å². The van der Waals surface area contributed by atoms with Crippen molar-refractivity contribution in [3.63, 3.8) is 0 Å². The molecular weight excluding hydrogens is 436 g/mol. The molecular formula is C25H29ClN6O. The highest BCUT2D eigenvalue weighted by Crippen LogP contribution is 2.39. The second-order valence-corrected chi connectivity index (χ2v) is 9.64. The van der Waals surface area contributed by atoms with E-state index in [2.05, 4.69) is 15.5 Å². The van der Waals surface area contributed by atoms with E-state index in [1.165, 1.54) is 0 Å².